The number of fused-ring (bicyclic) bond motifs is 1. The van der Waals surface area contributed by atoms with E-state index in [9.17, 15) is 8.78 Å². The number of hydrogen-bond donors (Lipinski definition) is 0. The van der Waals surface area contributed by atoms with Gasteiger partial charge in [0.05, 0.1) is 6.20 Å². The molecule has 0 atom stereocenters. The van der Waals surface area contributed by atoms with Gasteiger partial charge in [0, 0.05) is 17.1 Å². The molecule has 2 aromatic heterocycles. The van der Waals surface area contributed by atoms with Crippen LogP contribution in [0.4, 0.5) is 8.78 Å². The average molecular weight is 277 g/mol. The van der Waals surface area contributed by atoms with E-state index < -0.39 is 11.6 Å². The maximum absolute atomic E-state index is 13.9. The van der Waals surface area contributed by atoms with Crippen molar-refractivity contribution in [2.75, 3.05) is 0 Å². The van der Waals surface area contributed by atoms with Crippen LogP contribution in [0.3, 0.4) is 0 Å². The second kappa shape index (κ2) is 4.55. The van der Waals surface area contributed by atoms with Crippen LogP contribution in [-0.4, -0.2) is 9.97 Å². The van der Waals surface area contributed by atoms with E-state index in [2.05, 4.69) is 9.97 Å². The molecule has 0 aliphatic rings. The lowest BCUT2D eigenvalue weighted by Gasteiger charge is -2.06. The van der Waals surface area contributed by atoms with E-state index >= 15 is 0 Å². The molecular weight excluding hydrogens is 270 g/mol. The van der Waals surface area contributed by atoms with E-state index in [4.69, 9.17) is 11.6 Å². The van der Waals surface area contributed by atoms with Crippen LogP contribution in [0.15, 0.2) is 42.7 Å². The second-order valence-corrected chi connectivity index (χ2v) is 4.41. The highest BCUT2D eigenvalue weighted by Crippen LogP contribution is 2.28. The Morgan fingerprint density at radius 3 is 2.68 bits per heavy atom. The number of benzene rings is 1. The Morgan fingerprint density at radius 1 is 1.00 bits per heavy atom. The molecule has 0 amide bonds. The van der Waals surface area contributed by atoms with Crippen molar-refractivity contribution < 1.29 is 8.78 Å². The maximum atomic E-state index is 13.9. The topological polar surface area (TPSA) is 25.8 Å². The highest BCUT2D eigenvalue weighted by atomic mass is 35.5. The van der Waals surface area contributed by atoms with Crippen molar-refractivity contribution in [1.29, 1.82) is 0 Å². The van der Waals surface area contributed by atoms with Gasteiger partial charge in [0.15, 0.2) is 0 Å². The number of pyridine rings is 2. The fourth-order valence-electron chi connectivity index (χ4n) is 1.94. The van der Waals surface area contributed by atoms with Gasteiger partial charge in [0.1, 0.15) is 22.3 Å². The van der Waals surface area contributed by atoms with Gasteiger partial charge in [0.25, 0.3) is 0 Å². The Morgan fingerprint density at radius 2 is 1.84 bits per heavy atom. The molecule has 0 bridgehead atoms. The highest BCUT2D eigenvalue weighted by molar-refractivity contribution is 6.29. The Hall–Kier alpha value is -2.07. The van der Waals surface area contributed by atoms with Crippen LogP contribution in [0.2, 0.25) is 5.15 Å². The van der Waals surface area contributed by atoms with Gasteiger partial charge in [-0.3, -0.25) is 4.98 Å². The van der Waals surface area contributed by atoms with Crippen LogP contribution >= 0.6 is 11.6 Å². The van der Waals surface area contributed by atoms with Crippen LogP contribution in [-0.2, 0) is 0 Å². The van der Waals surface area contributed by atoms with E-state index in [0.717, 1.165) is 6.20 Å². The van der Waals surface area contributed by atoms with Gasteiger partial charge in [-0.05, 0) is 29.8 Å². The molecule has 0 unspecified atom stereocenters. The number of hydrogen-bond acceptors (Lipinski definition) is 2. The highest BCUT2D eigenvalue weighted by Gasteiger charge is 2.11. The summed E-state index contributed by atoms with van der Waals surface area (Å²) in [5, 5.41) is 0.757. The fourth-order valence-corrected chi connectivity index (χ4v) is 2.10. The largest absolute Gasteiger partial charge is 0.253 e. The zero-order chi connectivity index (χ0) is 13.4. The first-order valence-electron chi connectivity index (χ1n) is 5.51. The van der Waals surface area contributed by atoms with Crippen molar-refractivity contribution >= 4 is 22.5 Å². The number of nitrogens with zero attached hydrogens (tertiary/aromatic N) is 2. The molecule has 1 aromatic carbocycles. The second-order valence-electron chi connectivity index (χ2n) is 4.02. The lowest BCUT2D eigenvalue weighted by atomic mass is 10.0. The molecule has 0 radical (unpaired) electrons. The van der Waals surface area contributed by atoms with Gasteiger partial charge in [-0.2, -0.15) is 0 Å². The van der Waals surface area contributed by atoms with Crippen molar-refractivity contribution in [2.45, 2.75) is 0 Å². The molecule has 0 aliphatic heterocycles. The molecule has 0 saturated carbocycles. The van der Waals surface area contributed by atoms with Gasteiger partial charge in [0.2, 0.25) is 0 Å². The molecule has 94 valence electrons. The third-order valence-electron chi connectivity index (χ3n) is 2.79. The first kappa shape index (κ1) is 12.0. The number of rotatable bonds is 1. The van der Waals surface area contributed by atoms with Crippen LogP contribution in [0.1, 0.15) is 0 Å². The predicted octanol–water partition coefficient (Wildman–Crippen LogP) is 4.23. The monoisotopic (exact) mass is 276 g/mol. The average Bonchev–Trinajstić information content (AvgIpc) is 2.41. The van der Waals surface area contributed by atoms with E-state index in [1.54, 1.807) is 18.2 Å². The minimum Gasteiger partial charge on any atom is -0.253 e. The molecule has 0 fully saturated rings. The number of aromatic nitrogens is 2. The summed E-state index contributed by atoms with van der Waals surface area (Å²) in [4.78, 5) is 7.58. The van der Waals surface area contributed by atoms with E-state index in [-0.39, 0.29) is 16.2 Å². The first-order chi connectivity index (χ1) is 9.15. The molecule has 3 aromatic rings. The van der Waals surface area contributed by atoms with Crippen molar-refractivity contribution in [3.8, 4) is 11.1 Å². The lowest BCUT2D eigenvalue weighted by Crippen LogP contribution is -1.90. The summed E-state index contributed by atoms with van der Waals surface area (Å²) in [6, 6.07) is 7.69. The van der Waals surface area contributed by atoms with Crippen molar-refractivity contribution in [3.05, 3.63) is 59.5 Å². The van der Waals surface area contributed by atoms with Gasteiger partial charge in [-0.1, -0.05) is 17.7 Å². The summed E-state index contributed by atoms with van der Waals surface area (Å²) < 4.78 is 27.7. The smallest absolute Gasteiger partial charge is 0.150 e. The molecule has 0 spiro atoms. The summed E-state index contributed by atoms with van der Waals surface area (Å²) in [7, 11) is 0. The summed E-state index contributed by atoms with van der Waals surface area (Å²) in [6.07, 6.45) is 2.53. The molecule has 5 heteroatoms. The SMILES string of the molecule is Fc1cnc(Cl)cc1-c1cc(F)c2ncccc2c1. The molecule has 0 aliphatic carbocycles. The number of halogens is 3. The standard InChI is InChI=1S/C14H7ClF2N2/c15-13-6-10(12(17)7-19-13)9-4-8-2-1-3-18-14(8)11(16)5-9/h1-7H. The molecule has 0 saturated heterocycles. The van der Waals surface area contributed by atoms with Crippen LogP contribution in [0.5, 0.6) is 0 Å². The Balaban J connectivity index is 2.28. The van der Waals surface area contributed by atoms with Crippen molar-refractivity contribution in [1.82, 2.24) is 9.97 Å². The quantitative estimate of drug-likeness (QED) is 0.622. The van der Waals surface area contributed by atoms with E-state index in [1.165, 1.54) is 18.3 Å². The zero-order valence-electron chi connectivity index (χ0n) is 9.57. The molecule has 0 N–H and O–H groups in total. The van der Waals surface area contributed by atoms with Crippen molar-refractivity contribution in [3.63, 3.8) is 0 Å². The zero-order valence-corrected chi connectivity index (χ0v) is 10.3. The normalized spacial score (nSPS) is 10.9. The molecular formula is C14H7ClF2N2. The van der Waals surface area contributed by atoms with Crippen LogP contribution in [0, 0.1) is 11.6 Å². The van der Waals surface area contributed by atoms with Crippen molar-refractivity contribution in [2.24, 2.45) is 0 Å². The molecule has 19 heavy (non-hydrogen) atoms. The lowest BCUT2D eigenvalue weighted by molar-refractivity contribution is 0.623. The predicted molar refractivity (Wildman–Crippen MR) is 69.9 cm³/mol. The molecule has 2 heterocycles. The Kier molecular flexibility index (Phi) is 2.87. The molecule has 3 rings (SSSR count). The molecule has 2 nitrogen and oxygen atoms in total. The van der Waals surface area contributed by atoms with Gasteiger partial charge < -0.3 is 0 Å². The van der Waals surface area contributed by atoms with E-state index in [1.807, 2.05) is 0 Å². The van der Waals surface area contributed by atoms with Gasteiger partial charge in [-0.15, -0.1) is 0 Å². The fraction of sp³-hybridized carbons (Fsp3) is 0. The first-order valence-corrected chi connectivity index (χ1v) is 5.88. The van der Waals surface area contributed by atoms with Gasteiger partial charge >= 0.3 is 0 Å². The Labute approximate surface area is 112 Å². The maximum Gasteiger partial charge on any atom is 0.150 e. The minimum absolute atomic E-state index is 0.156. The summed E-state index contributed by atoms with van der Waals surface area (Å²) in [5.74, 6) is -1.05. The minimum atomic E-state index is -0.549. The Bertz CT molecular complexity index is 774. The third kappa shape index (κ3) is 2.15. The third-order valence-corrected chi connectivity index (χ3v) is 3.00. The summed E-state index contributed by atoms with van der Waals surface area (Å²) in [6.45, 7) is 0. The van der Waals surface area contributed by atoms with Crippen LogP contribution in [0.25, 0.3) is 22.0 Å². The summed E-state index contributed by atoms with van der Waals surface area (Å²) in [5.41, 5.74) is 0.872. The van der Waals surface area contributed by atoms with Crippen LogP contribution < -0.4 is 0 Å². The van der Waals surface area contributed by atoms with Gasteiger partial charge in [-0.25, -0.2) is 13.8 Å². The van der Waals surface area contributed by atoms with E-state index in [0.29, 0.717) is 10.9 Å². The summed E-state index contributed by atoms with van der Waals surface area (Å²) >= 11 is 5.74.